The van der Waals surface area contributed by atoms with Crippen LogP contribution < -0.4 is 25.0 Å². The summed E-state index contributed by atoms with van der Waals surface area (Å²) in [7, 11) is 0. The fourth-order valence-corrected chi connectivity index (χ4v) is 3.18. The highest BCUT2D eigenvalue weighted by molar-refractivity contribution is 6.30. The van der Waals surface area contributed by atoms with Gasteiger partial charge in [-0.05, 0) is 86.1 Å². The van der Waals surface area contributed by atoms with E-state index < -0.39 is 17.8 Å². The van der Waals surface area contributed by atoms with Gasteiger partial charge in [-0.1, -0.05) is 11.6 Å². The van der Waals surface area contributed by atoms with Crippen LogP contribution in [-0.2, 0) is 4.79 Å². The van der Waals surface area contributed by atoms with E-state index in [9.17, 15) is 14.4 Å². The van der Waals surface area contributed by atoms with Crippen molar-refractivity contribution in [3.05, 3.63) is 88.4 Å². The first-order valence-electron chi connectivity index (χ1n) is 11.5. The molecular weight excluding hydrogens is 498 g/mol. The standard InChI is InChI=1S/C27H26ClN3O6/c1-3-35-22-12-8-19(9-13-22)26(33)29-17-25(32)31-30-16-18-5-14-23(24(15-18)36-4-2)37-27(34)20-6-10-21(28)11-7-20/h5-16H,3-4,17H2,1-2H3,(H,29,33)(H,31,32). The number of nitrogens with one attached hydrogen (secondary N) is 2. The molecule has 2 amide bonds. The maximum Gasteiger partial charge on any atom is 0.343 e. The molecule has 0 heterocycles. The molecule has 0 bridgehead atoms. The summed E-state index contributed by atoms with van der Waals surface area (Å²) in [5, 5.41) is 6.94. The number of nitrogens with zero attached hydrogens (tertiary/aromatic N) is 1. The molecule has 2 N–H and O–H groups in total. The third-order valence-corrected chi connectivity index (χ3v) is 5.04. The first-order valence-corrected chi connectivity index (χ1v) is 11.8. The highest BCUT2D eigenvalue weighted by atomic mass is 35.5. The Kier molecular flexibility index (Phi) is 10.0. The summed E-state index contributed by atoms with van der Waals surface area (Å²) < 4.78 is 16.4. The number of rotatable bonds is 11. The molecule has 0 radical (unpaired) electrons. The zero-order valence-corrected chi connectivity index (χ0v) is 21.1. The Morgan fingerprint density at radius 3 is 2.22 bits per heavy atom. The molecule has 0 saturated heterocycles. The second kappa shape index (κ2) is 13.6. The number of amides is 2. The van der Waals surface area contributed by atoms with E-state index in [-0.39, 0.29) is 12.3 Å². The molecule has 10 heteroatoms. The summed E-state index contributed by atoms with van der Waals surface area (Å²) in [6.07, 6.45) is 1.40. The Bertz CT molecular complexity index is 1260. The predicted molar refractivity (Wildman–Crippen MR) is 140 cm³/mol. The van der Waals surface area contributed by atoms with Gasteiger partial charge < -0.3 is 19.5 Å². The maximum atomic E-state index is 12.4. The first kappa shape index (κ1) is 27.2. The van der Waals surface area contributed by atoms with Crippen molar-refractivity contribution in [1.82, 2.24) is 10.7 Å². The minimum atomic E-state index is -0.557. The molecule has 37 heavy (non-hydrogen) atoms. The summed E-state index contributed by atoms with van der Waals surface area (Å²) in [6, 6.07) is 17.8. The Morgan fingerprint density at radius 2 is 1.54 bits per heavy atom. The zero-order chi connectivity index (χ0) is 26.6. The second-order valence-electron chi connectivity index (χ2n) is 7.47. The van der Waals surface area contributed by atoms with Crippen molar-refractivity contribution in [2.75, 3.05) is 19.8 Å². The molecule has 3 aromatic rings. The van der Waals surface area contributed by atoms with E-state index in [0.717, 1.165) is 0 Å². The van der Waals surface area contributed by atoms with Crippen molar-refractivity contribution in [3.8, 4) is 17.2 Å². The summed E-state index contributed by atoms with van der Waals surface area (Å²) in [6.45, 7) is 4.29. The number of esters is 1. The molecule has 0 aromatic heterocycles. The van der Waals surface area contributed by atoms with Gasteiger partial charge in [0, 0.05) is 10.6 Å². The molecule has 0 atom stereocenters. The zero-order valence-electron chi connectivity index (χ0n) is 20.3. The molecular formula is C27H26ClN3O6. The third kappa shape index (κ3) is 8.36. The van der Waals surface area contributed by atoms with Crippen LogP contribution in [0.1, 0.15) is 40.1 Å². The number of ether oxygens (including phenoxy) is 3. The molecule has 192 valence electrons. The Hall–Kier alpha value is -4.37. The van der Waals surface area contributed by atoms with Crippen molar-refractivity contribution in [3.63, 3.8) is 0 Å². The SMILES string of the molecule is CCOc1ccc(C(=O)NCC(=O)NN=Cc2ccc(OC(=O)c3ccc(Cl)cc3)c(OCC)c2)cc1. The third-order valence-electron chi connectivity index (χ3n) is 4.79. The van der Waals surface area contributed by atoms with Crippen LogP contribution >= 0.6 is 11.6 Å². The largest absolute Gasteiger partial charge is 0.494 e. The van der Waals surface area contributed by atoms with E-state index in [0.29, 0.717) is 46.4 Å². The molecule has 3 rings (SSSR count). The highest BCUT2D eigenvalue weighted by Gasteiger charge is 2.13. The average molecular weight is 524 g/mol. The van der Waals surface area contributed by atoms with E-state index in [4.69, 9.17) is 25.8 Å². The number of benzene rings is 3. The minimum Gasteiger partial charge on any atom is -0.494 e. The molecule has 0 saturated carbocycles. The Labute approximate surface area is 219 Å². The molecule has 0 aliphatic heterocycles. The number of halogens is 1. The topological polar surface area (TPSA) is 115 Å². The highest BCUT2D eigenvalue weighted by Crippen LogP contribution is 2.29. The van der Waals surface area contributed by atoms with Gasteiger partial charge in [0.05, 0.1) is 31.5 Å². The molecule has 0 aliphatic rings. The van der Waals surface area contributed by atoms with Crippen molar-refractivity contribution >= 4 is 35.6 Å². The van der Waals surface area contributed by atoms with Gasteiger partial charge in [0.15, 0.2) is 11.5 Å². The van der Waals surface area contributed by atoms with Gasteiger partial charge in [0.1, 0.15) is 5.75 Å². The Morgan fingerprint density at radius 1 is 0.865 bits per heavy atom. The summed E-state index contributed by atoms with van der Waals surface area (Å²) >= 11 is 5.86. The Balaban J connectivity index is 1.54. The van der Waals surface area contributed by atoms with E-state index in [1.807, 2.05) is 6.92 Å². The lowest BCUT2D eigenvalue weighted by Gasteiger charge is -2.11. The lowest BCUT2D eigenvalue weighted by molar-refractivity contribution is -0.120. The van der Waals surface area contributed by atoms with Crippen LogP contribution in [0.25, 0.3) is 0 Å². The van der Waals surface area contributed by atoms with E-state index in [1.165, 1.54) is 6.21 Å². The van der Waals surface area contributed by atoms with Gasteiger partial charge in [-0.25, -0.2) is 10.2 Å². The maximum absolute atomic E-state index is 12.4. The van der Waals surface area contributed by atoms with Gasteiger partial charge in [-0.15, -0.1) is 0 Å². The summed E-state index contributed by atoms with van der Waals surface area (Å²) in [5.74, 6) is -0.228. The van der Waals surface area contributed by atoms with Gasteiger partial charge in [-0.2, -0.15) is 5.10 Å². The lowest BCUT2D eigenvalue weighted by Crippen LogP contribution is -2.34. The van der Waals surface area contributed by atoms with E-state index in [1.54, 1.807) is 73.7 Å². The van der Waals surface area contributed by atoms with Crippen molar-refractivity contribution < 1.29 is 28.6 Å². The summed E-state index contributed by atoms with van der Waals surface area (Å²) in [5.41, 5.74) is 3.68. The molecule has 0 spiro atoms. The quantitative estimate of drug-likeness (QED) is 0.168. The van der Waals surface area contributed by atoms with Crippen LogP contribution in [0.3, 0.4) is 0 Å². The predicted octanol–water partition coefficient (Wildman–Crippen LogP) is 4.24. The number of hydrazone groups is 1. The van der Waals surface area contributed by atoms with Gasteiger partial charge >= 0.3 is 5.97 Å². The van der Waals surface area contributed by atoms with Crippen LogP contribution in [0.5, 0.6) is 17.2 Å². The van der Waals surface area contributed by atoms with Gasteiger partial charge in [-0.3, -0.25) is 9.59 Å². The number of carbonyl (C=O) groups is 3. The molecule has 3 aromatic carbocycles. The first-order chi connectivity index (χ1) is 17.9. The molecule has 0 fully saturated rings. The smallest absolute Gasteiger partial charge is 0.343 e. The van der Waals surface area contributed by atoms with E-state index >= 15 is 0 Å². The van der Waals surface area contributed by atoms with Crippen LogP contribution in [0, 0.1) is 0 Å². The van der Waals surface area contributed by atoms with Gasteiger partial charge in [0.2, 0.25) is 0 Å². The summed E-state index contributed by atoms with van der Waals surface area (Å²) in [4.78, 5) is 36.7. The average Bonchev–Trinajstić information content (AvgIpc) is 2.90. The van der Waals surface area contributed by atoms with E-state index in [2.05, 4.69) is 15.8 Å². The van der Waals surface area contributed by atoms with Crippen molar-refractivity contribution in [1.29, 1.82) is 0 Å². The van der Waals surface area contributed by atoms with Crippen molar-refractivity contribution in [2.24, 2.45) is 5.10 Å². The van der Waals surface area contributed by atoms with Crippen molar-refractivity contribution in [2.45, 2.75) is 13.8 Å². The van der Waals surface area contributed by atoms with Gasteiger partial charge in [0.25, 0.3) is 11.8 Å². The normalized spacial score (nSPS) is 10.6. The fourth-order valence-electron chi connectivity index (χ4n) is 3.05. The van der Waals surface area contributed by atoms with Crippen LogP contribution in [0.4, 0.5) is 0 Å². The second-order valence-corrected chi connectivity index (χ2v) is 7.91. The molecule has 9 nitrogen and oxygen atoms in total. The van der Waals surface area contributed by atoms with Crippen LogP contribution in [-0.4, -0.2) is 43.8 Å². The lowest BCUT2D eigenvalue weighted by atomic mass is 10.2. The fraction of sp³-hybridized carbons (Fsp3) is 0.185. The number of carbonyl (C=O) groups excluding carboxylic acids is 3. The molecule has 0 aliphatic carbocycles. The van der Waals surface area contributed by atoms with Crippen LogP contribution in [0.2, 0.25) is 5.02 Å². The van der Waals surface area contributed by atoms with Crippen LogP contribution in [0.15, 0.2) is 71.8 Å². The monoisotopic (exact) mass is 523 g/mol. The molecule has 0 unspecified atom stereocenters. The number of hydrogen-bond acceptors (Lipinski definition) is 7. The number of hydrogen-bond donors (Lipinski definition) is 2. The minimum absolute atomic E-state index is 0.236.